The molecule has 0 spiro atoms. The molecule has 4 heteroatoms. The first kappa shape index (κ1) is 18.3. The summed E-state index contributed by atoms with van der Waals surface area (Å²) in [4.78, 5) is 5.08. The van der Waals surface area contributed by atoms with Gasteiger partial charge in [0, 0.05) is 19.6 Å². The minimum Gasteiger partial charge on any atom is -0.0532 e. The summed E-state index contributed by atoms with van der Waals surface area (Å²) >= 11 is 0. The number of hydrogen-bond donors (Lipinski definition) is 0. The number of benzene rings is 4. The third kappa shape index (κ3) is 4.15. The van der Waals surface area contributed by atoms with E-state index in [2.05, 4.69) is 97.1 Å². The molecule has 0 atom stereocenters. The lowest BCUT2D eigenvalue weighted by Gasteiger charge is -2.08. The Balaban J connectivity index is 1.51. The van der Waals surface area contributed by atoms with E-state index in [0.29, 0.717) is 0 Å². The van der Waals surface area contributed by atoms with Crippen LogP contribution in [0.2, 0.25) is 0 Å². The molecule has 10 aliphatic rings. The third-order valence-corrected chi connectivity index (χ3v) is 9.39. The first-order valence-corrected chi connectivity index (χ1v) is 13.2. The van der Waals surface area contributed by atoms with E-state index in [0.717, 1.165) is 0 Å². The SMILES string of the molecule is c1cc2ccc1SSc1ccc(cc1)-c1ccc(cc1)SSc1ccc-2cc1. The highest BCUT2D eigenvalue weighted by Gasteiger charge is 2.05. The summed E-state index contributed by atoms with van der Waals surface area (Å²) in [6.45, 7) is 0. The second kappa shape index (κ2) is 8.34. The van der Waals surface area contributed by atoms with Crippen LogP contribution in [0.1, 0.15) is 0 Å². The summed E-state index contributed by atoms with van der Waals surface area (Å²) in [5, 5.41) is 0. The summed E-state index contributed by atoms with van der Waals surface area (Å²) in [6, 6.07) is 35.3. The molecule has 0 amide bonds. The lowest BCUT2D eigenvalue weighted by Crippen LogP contribution is -1.80. The third-order valence-electron chi connectivity index (χ3n) is 4.55. The van der Waals surface area contributed by atoms with Crippen LogP contribution in [0.25, 0.3) is 22.3 Å². The Labute approximate surface area is 181 Å². The van der Waals surface area contributed by atoms with Crippen LogP contribution in [0, 0.1) is 0 Å². The summed E-state index contributed by atoms with van der Waals surface area (Å²) in [5.41, 5.74) is 5.03. The predicted octanol–water partition coefficient (Wildman–Crippen LogP) is 8.93. The molecule has 0 fully saturated rings. The average Bonchev–Trinajstić information content (AvgIpc) is 2.77. The topological polar surface area (TPSA) is 0 Å². The molecule has 8 bridgehead atoms. The highest BCUT2D eigenvalue weighted by Crippen LogP contribution is 2.41. The van der Waals surface area contributed by atoms with E-state index in [1.165, 1.54) is 41.8 Å². The zero-order chi connectivity index (χ0) is 18.8. The molecule has 0 aromatic heterocycles. The van der Waals surface area contributed by atoms with Crippen molar-refractivity contribution in [3.8, 4) is 22.3 Å². The smallest absolute Gasteiger partial charge is 0.0186 e. The molecule has 28 heavy (non-hydrogen) atoms. The monoisotopic (exact) mass is 432 g/mol. The van der Waals surface area contributed by atoms with Gasteiger partial charge in [0.25, 0.3) is 0 Å². The van der Waals surface area contributed by atoms with Gasteiger partial charge in [-0.3, -0.25) is 0 Å². The van der Waals surface area contributed by atoms with Gasteiger partial charge in [-0.25, -0.2) is 0 Å². The van der Waals surface area contributed by atoms with Gasteiger partial charge in [-0.2, -0.15) is 0 Å². The van der Waals surface area contributed by atoms with Gasteiger partial charge in [0.15, 0.2) is 0 Å². The highest BCUT2D eigenvalue weighted by molar-refractivity contribution is 8.77. The van der Waals surface area contributed by atoms with Gasteiger partial charge in [-0.1, -0.05) is 91.7 Å². The zero-order valence-electron chi connectivity index (χ0n) is 14.9. The van der Waals surface area contributed by atoms with Crippen LogP contribution in [-0.2, 0) is 0 Å². The van der Waals surface area contributed by atoms with Crippen molar-refractivity contribution >= 4 is 43.2 Å². The normalized spacial score (nSPS) is 13.1. The maximum Gasteiger partial charge on any atom is 0.0186 e. The molecule has 10 aliphatic heterocycles. The van der Waals surface area contributed by atoms with Crippen molar-refractivity contribution < 1.29 is 0 Å². The van der Waals surface area contributed by atoms with Gasteiger partial charge in [0.2, 0.25) is 0 Å². The van der Waals surface area contributed by atoms with Crippen LogP contribution >= 0.6 is 43.2 Å². The number of rotatable bonds is 0. The molecule has 4 aromatic carbocycles. The lowest BCUT2D eigenvalue weighted by atomic mass is 10.1. The van der Waals surface area contributed by atoms with Crippen molar-refractivity contribution in [2.45, 2.75) is 19.6 Å². The standard InChI is InChI=1S/C24H16S4/c1-9-21-10-2-17(1)18-3-11-22(12-4-18)27-28-24-15-7-20(8-16-24)19-5-13-23(14-6-19)26-25-21/h1-16H. The molecule has 10 heterocycles. The van der Waals surface area contributed by atoms with Crippen LogP contribution < -0.4 is 0 Å². The van der Waals surface area contributed by atoms with E-state index in [1.807, 2.05) is 0 Å². The second-order valence-electron chi connectivity index (χ2n) is 6.43. The van der Waals surface area contributed by atoms with Crippen molar-refractivity contribution in [3.05, 3.63) is 97.1 Å². The molecule has 0 N–H and O–H groups in total. The van der Waals surface area contributed by atoms with Gasteiger partial charge in [-0.15, -0.1) is 0 Å². The maximum absolute atomic E-state index is 2.21. The van der Waals surface area contributed by atoms with Crippen molar-refractivity contribution in [2.24, 2.45) is 0 Å². The fraction of sp³-hybridized carbons (Fsp3) is 0. The van der Waals surface area contributed by atoms with E-state index in [1.54, 1.807) is 43.2 Å². The quantitative estimate of drug-likeness (QED) is 0.254. The molecule has 0 saturated carbocycles. The first-order valence-electron chi connectivity index (χ1n) is 8.94. The summed E-state index contributed by atoms with van der Waals surface area (Å²) in [7, 11) is 7.21. The molecule has 4 aromatic rings. The molecule has 0 radical (unpaired) electrons. The highest BCUT2D eigenvalue weighted by atomic mass is 33.1. The van der Waals surface area contributed by atoms with Crippen molar-refractivity contribution in [1.82, 2.24) is 0 Å². The van der Waals surface area contributed by atoms with E-state index in [-0.39, 0.29) is 0 Å². The molecule has 0 unspecified atom stereocenters. The molecule has 14 rings (SSSR count). The largest absolute Gasteiger partial charge is 0.0532 e. The molecule has 0 saturated heterocycles. The van der Waals surface area contributed by atoms with Crippen LogP contribution in [0.5, 0.6) is 0 Å². The molecule has 136 valence electrons. The van der Waals surface area contributed by atoms with Crippen molar-refractivity contribution in [2.75, 3.05) is 0 Å². The minimum atomic E-state index is 1.26. The Morgan fingerprint density at radius 2 is 0.429 bits per heavy atom. The predicted molar refractivity (Wildman–Crippen MR) is 127 cm³/mol. The second-order valence-corrected chi connectivity index (χ2v) is 11.0. The maximum atomic E-state index is 2.21. The number of hydrogen-bond acceptors (Lipinski definition) is 4. The van der Waals surface area contributed by atoms with Gasteiger partial charge in [0.1, 0.15) is 0 Å². The van der Waals surface area contributed by atoms with Crippen LogP contribution in [-0.4, -0.2) is 0 Å². The Hall–Kier alpha value is -1.72. The molecular weight excluding hydrogens is 417 g/mol. The van der Waals surface area contributed by atoms with Gasteiger partial charge in [-0.05, 0) is 70.8 Å². The van der Waals surface area contributed by atoms with E-state index >= 15 is 0 Å². The fourth-order valence-corrected chi connectivity index (χ4v) is 6.87. The Morgan fingerprint density at radius 3 is 0.607 bits per heavy atom. The molecule has 0 aliphatic carbocycles. The van der Waals surface area contributed by atoms with Crippen LogP contribution in [0.15, 0.2) is 117 Å². The Bertz CT molecular complexity index is 886. The van der Waals surface area contributed by atoms with Crippen molar-refractivity contribution in [1.29, 1.82) is 0 Å². The van der Waals surface area contributed by atoms with E-state index < -0.39 is 0 Å². The van der Waals surface area contributed by atoms with Gasteiger partial charge < -0.3 is 0 Å². The molecule has 0 nitrogen and oxygen atoms in total. The zero-order valence-corrected chi connectivity index (χ0v) is 18.1. The van der Waals surface area contributed by atoms with E-state index in [4.69, 9.17) is 0 Å². The van der Waals surface area contributed by atoms with E-state index in [9.17, 15) is 0 Å². The molecular formula is C24H16S4. The Morgan fingerprint density at radius 1 is 0.250 bits per heavy atom. The van der Waals surface area contributed by atoms with Crippen LogP contribution in [0.4, 0.5) is 0 Å². The summed E-state index contributed by atoms with van der Waals surface area (Å²) in [5.74, 6) is 0. The van der Waals surface area contributed by atoms with Crippen molar-refractivity contribution in [3.63, 3.8) is 0 Å². The average molecular weight is 433 g/mol. The Kier molecular flexibility index (Phi) is 5.45. The first-order chi connectivity index (χ1) is 13.8. The summed E-state index contributed by atoms with van der Waals surface area (Å²) in [6.07, 6.45) is 0. The van der Waals surface area contributed by atoms with Crippen LogP contribution in [0.3, 0.4) is 0 Å². The van der Waals surface area contributed by atoms with Gasteiger partial charge >= 0.3 is 0 Å². The summed E-state index contributed by atoms with van der Waals surface area (Å²) < 4.78 is 0. The lowest BCUT2D eigenvalue weighted by molar-refractivity contribution is 1.43. The van der Waals surface area contributed by atoms with Gasteiger partial charge in [0.05, 0.1) is 0 Å². The fourth-order valence-electron chi connectivity index (χ4n) is 3.00. The minimum absolute atomic E-state index is 1.26.